The van der Waals surface area contributed by atoms with E-state index in [1.165, 1.54) is 0 Å². The van der Waals surface area contributed by atoms with Crippen molar-refractivity contribution in [1.82, 2.24) is 0 Å². The third-order valence-corrected chi connectivity index (χ3v) is 3.30. The van der Waals surface area contributed by atoms with E-state index in [1.54, 1.807) is 39.8 Å². The highest BCUT2D eigenvalue weighted by atomic mass is 16.8. The van der Waals surface area contributed by atoms with Crippen molar-refractivity contribution in [1.29, 1.82) is 0 Å². The van der Waals surface area contributed by atoms with Crippen LogP contribution in [-0.2, 0) is 25.5 Å². The van der Waals surface area contributed by atoms with E-state index in [0.29, 0.717) is 6.42 Å². The molecule has 0 aromatic heterocycles. The van der Waals surface area contributed by atoms with Crippen LogP contribution >= 0.6 is 0 Å². The summed E-state index contributed by atoms with van der Waals surface area (Å²) < 4.78 is 21.5. The molecule has 1 heterocycles. The molecule has 0 fully saturated rings. The number of rotatable bonds is 6. The zero-order chi connectivity index (χ0) is 18.8. The molecule has 0 saturated carbocycles. The van der Waals surface area contributed by atoms with Gasteiger partial charge in [0.05, 0.1) is 12.2 Å². The van der Waals surface area contributed by atoms with Crippen molar-refractivity contribution < 1.29 is 28.5 Å². The lowest BCUT2D eigenvalue weighted by Gasteiger charge is -2.25. The van der Waals surface area contributed by atoms with Gasteiger partial charge in [0.2, 0.25) is 0 Å². The lowest BCUT2D eigenvalue weighted by atomic mass is 10.1. The predicted octanol–water partition coefficient (Wildman–Crippen LogP) is 1.95. The maximum absolute atomic E-state index is 12.5. The second-order valence-corrected chi connectivity index (χ2v) is 6.69. The van der Waals surface area contributed by atoms with Crippen LogP contribution in [0.5, 0.6) is 11.5 Å². The molecule has 0 radical (unpaired) electrons. The molecule has 0 aliphatic carbocycles. The Bertz CT molecular complexity index is 631. The van der Waals surface area contributed by atoms with E-state index in [1.807, 2.05) is 13.0 Å². The van der Waals surface area contributed by atoms with E-state index in [0.717, 1.165) is 5.56 Å². The van der Waals surface area contributed by atoms with Crippen molar-refractivity contribution in [2.75, 3.05) is 0 Å². The van der Waals surface area contributed by atoms with Crippen molar-refractivity contribution in [3.8, 4) is 11.5 Å². The number of fused-ring (bicyclic) bond motifs is 1. The van der Waals surface area contributed by atoms with Crippen molar-refractivity contribution in [3.63, 3.8) is 0 Å². The summed E-state index contributed by atoms with van der Waals surface area (Å²) in [4.78, 5) is 25.1. The van der Waals surface area contributed by atoms with Crippen molar-refractivity contribution >= 4 is 11.9 Å². The summed E-state index contributed by atoms with van der Waals surface area (Å²) in [7, 11) is 0. The van der Waals surface area contributed by atoms with Crippen LogP contribution in [0.25, 0.3) is 0 Å². The first kappa shape index (κ1) is 19.1. The van der Waals surface area contributed by atoms with Gasteiger partial charge in [-0.15, -0.1) is 0 Å². The number of hydrogen-bond donors (Lipinski definition) is 1. The molecule has 25 heavy (non-hydrogen) atoms. The topological polar surface area (TPSA) is 97.1 Å². The minimum atomic E-state index is -2.29. The molecule has 1 aromatic rings. The summed E-state index contributed by atoms with van der Waals surface area (Å²) in [5, 5.41) is 0. The number of nitrogens with two attached hydrogens (primary N) is 1. The van der Waals surface area contributed by atoms with Gasteiger partial charge in [0.15, 0.2) is 11.5 Å². The first-order valence-electron chi connectivity index (χ1n) is 8.32. The Morgan fingerprint density at radius 2 is 1.52 bits per heavy atom. The van der Waals surface area contributed by atoms with Gasteiger partial charge in [-0.05, 0) is 58.7 Å². The van der Waals surface area contributed by atoms with Crippen LogP contribution < -0.4 is 15.2 Å². The Kier molecular flexibility index (Phi) is 5.57. The van der Waals surface area contributed by atoms with Gasteiger partial charge in [-0.3, -0.25) is 0 Å². The van der Waals surface area contributed by atoms with Crippen LogP contribution in [0, 0.1) is 0 Å². The molecule has 7 nitrogen and oxygen atoms in total. The van der Waals surface area contributed by atoms with Crippen LogP contribution in [0.3, 0.4) is 0 Å². The largest absolute Gasteiger partial charge is 0.457 e. The molecular weight excluding hydrogens is 326 g/mol. The number of carbonyl (C=O) groups excluding carboxylic acids is 2. The van der Waals surface area contributed by atoms with Gasteiger partial charge < -0.3 is 24.7 Å². The summed E-state index contributed by atoms with van der Waals surface area (Å²) in [6, 6.07) is 5.11. The fraction of sp³-hybridized carbons (Fsp3) is 0.556. The lowest BCUT2D eigenvalue weighted by Crippen LogP contribution is -2.56. The number of hydrogen-bond acceptors (Lipinski definition) is 7. The molecule has 2 N–H and O–H groups in total. The molecule has 1 aromatic carbocycles. The monoisotopic (exact) mass is 351 g/mol. The van der Waals surface area contributed by atoms with Crippen LogP contribution in [0.15, 0.2) is 18.2 Å². The van der Waals surface area contributed by atoms with Gasteiger partial charge in [-0.1, -0.05) is 6.07 Å². The Hall–Kier alpha value is -2.28. The second-order valence-electron chi connectivity index (χ2n) is 6.69. The van der Waals surface area contributed by atoms with Crippen LogP contribution in [0.4, 0.5) is 0 Å². The van der Waals surface area contributed by atoms with E-state index in [-0.39, 0.29) is 17.5 Å². The fourth-order valence-corrected chi connectivity index (χ4v) is 2.38. The van der Waals surface area contributed by atoms with Crippen molar-refractivity contribution in [3.05, 3.63) is 23.8 Å². The molecular formula is C18H25NO6. The van der Waals surface area contributed by atoms with Crippen molar-refractivity contribution in [2.45, 2.75) is 65.1 Å². The van der Waals surface area contributed by atoms with Crippen LogP contribution in [-0.4, -0.2) is 36.0 Å². The Morgan fingerprint density at radius 3 is 2.00 bits per heavy atom. The molecule has 0 spiro atoms. The summed E-state index contributed by atoms with van der Waals surface area (Å²) in [5.74, 6) is -3.63. The molecule has 0 bridgehead atoms. The minimum absolute atomic E-state index is 0.0399. The molecule has 7 heteroatoms. The average molecular weight is 351 g/mol. The molecule has 0 unspecified atom stereocenters. The molecule has 1 aliphatic rings. The minimum Gasteiger partial charge on any atom is -0.457 e. The summed E-state index contributed by atoms with van der Waals surface area (Å²) in [5.41, 5.74) is 6.71. The average Bonchev–Trinajstić information content (AvgIpc) is 2.85. The van der Waals surface area contributed by atoms with Gasteiger partial charge in [0.25, 0.3) is 0 Å². The molecule has 138 valence electrons. The highest BCUT2D eigenvalue weighted by Crippen LogP contribution is 2.41. The normalized spacial score (nSPS) is 16.0. The lowest BCUT2D eigenvalue weighted by molar-refractivity contribution is -0.207. The zero-order valence-corrected chi connectivity index (χ0v) is 15.2. The zero-order valence-electron chi connectivity index (χ0n) is 15.2. The number of ether oxygens (including phenoxy) is 4. The number of benzene rings is 1. The van der Waals surface area contributed by atoms with E-state index < -0.39 is 29.9 Å². The van der Waals surface area contributed by atoms with E-state index in [9.17, 15) is 9.59 Å². The van der Waals surface area contributed by atoms with E-state index in [4.69, 9.17) is 24.7 Å². The molecule has 0 amide bonds. The maximum Gasteiger partial charge on any atom is 0.453 e. The van der Waals surface area contributed by atoms with Crippen LogP contribution in [0.1, 0.15) is 40.2 Å². The third-order valence-electron chi connectivity index (χ3n) is 3.30. The second kappa shape index (κ2) is 7.31. The van der Waals surface area contributed by atoms with Gasteiger partial charge in [0, 0.05) is 6.04 Å². The standard InChI is InChI=1S/C18H25NO6/c1-10(2)22-16(20)18(17(21)23-11(3)4)24-14-7-6-13(8-12(5)19)9-15(14)25-18/h6-7,9-12H,8,19H2,1-5H3/t12-/m1/s1. The summed E-state index contributed by atoms with van der Waals surface area (Å²) >= 11 is 0. The Balaban J connectivity index is 2.34. The predicted molar refractivity (Wildman–Crippen MR) is 90.2 cm³/mol. The fourth-order valence-electron chi connectivity index (χ4n) is 2.38. The smallest absolute Gasteiger partial charge is 0.453 e. The van der Waals surface area contributed by atoms with E-state index in [2.05, 4.69) is 0 Å². The molecule has 1 atom stereocenters. The summed E-state index contributed by atoms with van der Waals surface area (Å²) in [6.45, 7) is 8.56. The van der Waals surface area contributed by atoms with Gasteiger partial charge in [0.1, 0.15) is 0 Å². The SMILES string of the molecule is CC(C)OC(=O)C1(C(=O)OC(C)C)Oc2ccc(C[C@@H](C)N)cc2O1. The first-order valence-corrected chi connectivity index (χ1v) is 8.32. The van der Waals surface area contributed by atoms with Gasteiger partial charge >= 0.3 is 17.7 Å². The molecule has 2 rings (SSSR count). The highest BCUT2D eigenvalue weighted by Gasteiger charge is 2.60. The molecule has 0 saturated heterocycles. The molecule has 1 aliphatic heterocycles. The van der Waals surface area contributed by atoms with Crippen molar-refractivity contribution in [2.24, 2.45) is 5.73 Å². The maximum atomic E-state index is 12.5. The number of carbonyl (C=O) groups is 2. The Morgan fingerprint density at radius 1 is 1.00 bits per heavy atom. The highest BCUT2D eigenvalue weighted by molar-refractivity contribution is 6.03. The quantitative estimate of drug-likeness (QED) is 0.618. The van der Waals surface area contributed by atoms with Crippen LogP contribution in [0.2, 0.25) is 0 Å². The first-order chi connectivity index (χ1) is 11.6. The van der Waals surface area contributed by atoms with Gasteiger partial charge in [-0.25, -0.2) is 9.59 Å². The number of esters is 2. The van der Waals surface area contributed by atoms with Gasteiger partial charge in [-0.2, -0.15) is 0 Å². The Labute approximate surface area is 147 Å². The summed E-state index contributed by atoms with van der Waals surface area (Å²) in [6.07, 6.45) is -0.266. The van der Waals surface area contributed by atoms with E-state index >= 15 is 0 Å². The third kappa shape index (κ3) is 4.22.